The molecule has 0 radical (unpaired) electrons. The molecular weight excluding hydrogens is 307 g/mol. The summed E-state index contributed by atoms with van der Waals surface area (Å²) >= 11 is 3.41. The quantitative estimate of drug-likeness (QED) is 0.916. The van der Waals surface area contributed by atoms with Gasteiger partial charge >= 0.3 is 0 Å². The molecule has 1 unspecified atom stereocenters. The summed E-state index contributed by atoms with van der Waals surface area (Å²) in [6.45, 7) is 0.572. The van der Waals surface area contributed by atoms with Gasteiger partial charge in [-0.05, 0) is 70.6 Å². The number of hydrogen-bond acceptors (Lipinski definition) is 2. The first-order valence-corrected chi connectivity index (χ1v) is 7.00. The van der Waals surface area contributed by atoms with Crippen molar-refractivity contribution in [1.29, 1.82) is 0 Å². The Morgan fingerprint density at radius 3 is 2.63 bits per heavy atom. The predicted molar refractivity (Wildman–Crippen MR) is 78.3 cm³/mol. The first kappa shape index (κ1) is 14.2. The molecule has 2 aromatic rings. The Labute approximate surface area is 121 Å². The molecule has 19 heavy (non-hydrogen) atoms. The molecule has 0 spiro atoms. The van der Waals surface area contributed by atoms with Crippen LogP contribution in [-0.4, -0.2) is 11.5 Å². The van der Waals surface area contributed by atoms with Crippen LogP contribution < -0.4 is 5.73 Å². The molecule has 0 saturated carbocycles. The van der Waals surface area contributed by atoms with Crippen LogP contribution in [0.2, 0.25) is 0 Å². The number of halogens is 2. The number of hydrogen-bond donors (Lipinski definition) is 1. The standard InChI is InChI=1S/C15H16BrFN2/c16-14-6-13(9-19-10-14)5-12(8-18)4-11-2-1-3-15(17)7-11/h1-3,6-7,9-10,12H,4-5,8,18H2. The molecule has 0 fully saturated rings. The molecule has 0 aliphatic rings. The molecule has 2 nitrogen and oxygen atoms in total. The van der Waals surface area contributed by atoms with Crippen LogP contribution in [0.4, 0.5) is 4.39 Å². The van der Waals surface area contributed by atoms with Crippen LogP contribution in [0.25, 0.3) is 0 Å². The minimum atomic E-state index is -0.197. The Morgan fingerprint density at radius 2 is 1.95 bits per heavy atom. The smallest absolute Gasteiger partial charge is 0.123 e. The maximum absolute atomic E-state index is 13.2. The highest BCUT2D eigenvalue weighted by atomic mass is 79.9. The van der Waals surface area contributed by atoms with E-state index in [1.54, 1.807) is 18.3 Å². The molecule has 0 amide bonds. The van der Waals surface area contributed by atoms with Crippen molar-refractivity contribution in [2.75, 3.05) is 6.54 Å². The van der Waals surface area contributed by atoms with Gasteiger partial charge in [-0.2, -0.15) is 0 Å². The summed E-state index contributed by atoms with van der Waals surface area (Å²) in [5, 5.41) is 0. The summed E-state index contributed by atoms with van der Waals surface area (Å²) in [6, 6.07) is 8.74. The van der Waals surface area contributed by atoms with E-state index in [2.05, 4.69) is 20.9 Å². The molecule has 0 aliphatic heterocycles. The van der Waals surface area contributed by atoms with Gasteiger partial charge < -0.3 is 5.73 Å². The average Bonchev–Trinajstić information content (AvgIpc) is 2.38. The van der Waals surface area contributed by atoms with Gasteiger partial charge in [0.25, 0.3) is 0 Å². The molecular formula is C15H16BrFN2. The molecule has 0 saturated heterocycles. The molecule has 0 aliphatic carbocycles. The fourth-order valence-electron chi connectivity index (χ4n) is 2.14. The Hall–Kier alpha value is -1.26. The fraction of sp³-hybridized carbons (Fsp3) is 0.267. The number of nitrogens with two attached hydrogens (primary N) is 1. The van der Waals surface area contributed by atoms with E-state index < -0.39 is 0 Å². The van der Waals surface area contributed by atoms with Crippen LogP contribution in [0.1, 0.15) is 11.1 Å². The summed E-state index contributed by atoms with van der Waals surface area (Å²) in [7, 11) is 0. The molecule has 1 atom stereocenters. The van der Waals surface area contributed by atoms with E-state index in [-0.39, 0.29) is 11.7 Å². The largest absolute Gasteiger partial charge is 0.330 e. The minimum absolute atomic E-state index is 0.197. The lowest BCUT2D eigenvalue weighted by Gasteiger charge is -2.15. The van der Waals surface area contributed by atoms with E-state index in [9.17, 15) is 4.39 Å². The van der Waals surface area contributed by atoms with Crippen LogP contribution in [0.3, 0.4) is 0 Å². The van der Waals surface area contributed by atoms with E-state index in [4.69, 9.17) is 5.73 Å². The highest BCUT2D eigenvalue weighted by molar-refractivity contribution is 9.10. The lowest BCUT2D eigenvalue weighted by molar-refractivity contribution is 0.529. The van der Waals surface area contributed by atoms with E-state index in [0.29, 0.717) is 6.54 Å². The minimum Gasteiger partial charge on any atom is -0.330 e. The van der Waals surface area contributed by atoms with Crippen LogP contribution in [0.5, 0.6) is 0 Å². The summed E-state index contributed by atoms with van der Waals surface area (Å²) in [6.07, 6.45) is 5.23. The van der Waals surface area contributed by atoms with Gasteiger partial charge in [-0.15, -0.1) is 0 Å². The van der Waals surface area contributed by atoms with Crippen LogP contribution in [0, 0.1) is 11.7 Å². The topological polar surface area (TPSA) is 38.9 Å². The van der Waals surface area contributed by atoms with Crippen molar-refractivity contribution in [3.05, 3.63) is 64.1 Å². The average molecular weight is 323 g/mol. The molecule has 100 valence electrons. The van der Waals surface area contributed by atoms with Crippen LogP contribution in [-0.2, 0) is 12.8 Å². The summed E-state index contributed by atoms with van der Waals surface area (Å²) in [4.78, 5) is 4.15. The molecule has 2 N–H and O–H groups in total. The zero-order valence-electron chi connectivity index (χ0n) is 10.5. The van der Waals surface area contributed by atoms with Gasteiger partial charge in [0, 0.05) is 16.9 Å². The van der Waals surface area contributed by atoms with E-state index in [1.165, 1.54) is 6.07 Å². The Kier molecular flexibility index (Phi) is 5.05. The fourth-order valence-corrected chi connectivity index (χ4v) is 2.55. The number of rotatable bonds is 5. The SMILES string of the molecule is NCC(Cc1cccc(F)c1)Cc1cncc(Br)c1. The third-order valence-corrected chi connectivity index (χ3v) is 3.47. The van der Waals surface area contributed by atoms with Crippen LogP contribution >= 0.6 is 15.9 Å². The highest BCUT2D eigenvalue weighted by Crippen LogP contribution is 2.17. The van der Waals surface area contributed by atoms with Gasteiger partial charge in [0.15, 0.2) is 0 Å². The zero-order valence-corrected chi connectivity index (χ0v) is 12.1. The number of pyridine rings is 1. The first-order valence-electron chi connectivity index (χ1n) is 6.21. The number of benzene rings is 1. The highest BCUT2D eigenvalue weighted by Gasteiger charge is 2.10. The first-order chi connectivity index (χ1) is 9.17. The van der Waals surface area contributed by atoms with Gasteiger partial charge in [-0.25, -0.2) is 4.39 Å². The third-order valence-electron chi connectivity index (χ3n) is 3.03. The summed E-state index contributed by atoms with van der Waals surface area (Å²) in [5.41, 5.74) is 7.94. The summed E-state index contributed by atoms with van der Waals surface area (Å²) < 4.78 is 14.1. The molecule has 1 heterocycles. The van der Waals surface area contributed by atoms with Gasteiger partial charge in [-0.3, -0.25) is 4.98 Å². The van der Waals surface area contributed by atoms with Crippen molar-refractivity contribution in [2.24, 2.45) is 11.7 Å². The van der Waals surface area contributed by atoms with Gasteiger partial charge in [0.05, 0.1) is 0 Å². The van der Waals surface area contributed by atoms with E-state index in [1.807, 2.05) is 18.3 Å². The maximum atomic E-state index is 13.2. The molecule has 4 heteroatoms. The number of nitrogens with zero attached hydrogens (tertiary/aromatic N) is 1. The van der Waals surface area contributed by atoms with E-state index in [0.717, 1.165) is 28.4 Å². The van der Waals surface area contributed by atoms with Gasteiger partial charge in [0.2, 0.25) is 0 Å². The molecule has 0 bridgehead atoms. The Balaban J connectivity index is 2.04. The van der Waals surface area contributed by atoms with Crippen molar-refractivity contribution in [1.82, 2.24) is 4.98 Å². The Bertz CT molecular complexity index is 498. The molecule has 1 aromatic carbocycles. The maximum Gasteiger partial charge on any atom is 0.123 e. The summed E-state index contributed by atoms with van der Waals surface area (Å²) in [5.74, 6) is 0.0929. The predicted octanol–water partition coefficient (Wildman–Crippen LogP) is 3.34. The second-order valence-electron chi connectivity index (χ2n) is 4.65. The van der Waals surface area contributed by atoms with Crippen molar-refractivity contribution in [2.45, 2.75) is 12.8 Å². The molecule has 2 rings (SSSR count). The van der Waals surface area contributed by atoms with Gasteiger partial charge in [0.1, 0.15) is 5.82 Å². The van der Waals surface area contributed by atoms with Crippen LogP contribution in [0.15, 0.2) is 47.2 Å². The Morgan fingerprint density at radius 1 is 1.16 bits per heavy atom. The zero-order chi connectivity index (χ0) is 13.7. The second kappa shape index (κ2) is 6.78. The normalized spacial score (nSPS) is 12.4. The van der Waals surface area contributed by atoms with Crippen molar-refractivity contribution in [3.8, 4) is 0 Å². The van der Waals surface area contributed by atoms with E-state index >= 15 is 0 Å². The van der Waals surface area contributed by atoms with Gasteiger partial charge in [-0.1, -0.05) is 12.1 Å². The van der Waals surface area contributed by atoms with Crippen molar-refractivity contribution >= 4 is 15.9 Å². The van der Waals surface area contributed by atoms with Crippen molar-refractivity contribution < 1.29 is 4.39 Å². The lowest BCUT2D eigenvalue weighted by atomic mass is 9.93. The second-order valence-corrected chi connectivity index (χ2v) is 5.57. The lowest BCUT2D eigenvalue weighted by Crippen LogP contribution is -2.19. The molecule has 1 aromatic heterocycles. The monoisotopic (exact) mass is 322 g/mol. The van der Waals surface area contributed by atoms with Crippen molar-refractivity contribution in [3.63, 3.8) is 0 Å². The third kappa shape index (κ3) is 4.40. The number of aromatic nitrogens is 1.